The number of aromatic hydroxyl groups is 1. The molecule has 1 aromatic heterocycles. The minimum atomic E-state index is -0.781. The standard InChI is InChI=1S/C6H4N2O4/c9-3-5-6(8(11)12)1-4(10)2-7-5/h1-3,10H. The molecule has 0 aliphatic rings. The molecule has 0 aliphatic carbocycles. The SMILES string of the molecule is O=Cc1ncc(O)cc1[N+](=O)[O-]. The highest BCUT2D eigenvalue weighted by Crippen LogP contribution is 2.19. The Morgan fingerprint density at radius 2 is 2.33 bits per heavy atom. The molecular formula is C6H4N2O4. The third-order valence-electron chi connectivity index (χ3n) is 1.19. The summed E-state index contributed by atoms with van der Waals surface area (Å²) in [5.74, 6) is -0.340. The maximum atomic E-state index is 10.2. The fourth-order valence-corrected chi connectivity index (χ4v) is 0.690. The molecule has 0 aliphatic heterocycles. The molecule has 6 nitrogen and oxygen atoms in total. The molecule has 0 radical (unpaired) electrons. The first-order chi connectivity index (χ1) is 5.65. The van der Waals surface area contributed by atoms with Crippen LogP contribution in [0.1, 0.15) is 10.5 Å². The lowest BCUT2D eigenvalue weighted by atomic mass is 10.3. The fraction of sp³-hybridized carbons (Fsp3) is 0. The van der Waals surface area contributed by atoms with Crippen LogP contribution in [0.25, 0.3) is 0 Å². The molecule has 0 spiro atoms. The molecule has 0 saturated carbocycles. The molecule has 12 heavy (non-hydrogen) atoms. The summed E-state index contributed by atoms with van der Waals surface area (Å²) in [6, 6.07) is 0.872. The van der Waals surface area contributed by atoms with E-state index in [4.69, 9.17) is 5.11 Å². The Morgan fingerprint density at radius 3 is 2.83 bits per heavy atom. The molecule has 6 heteroatoms. The predicted molar refractivity (Wildman–Crippen MR) is 37.9 cm³/mol. The minimum Gasteiger partial charge on any atom is -0.506 e. The van der Waals surface area contributed by atoms with Crippen molar-refractivity contribution in [2.45, 2.75) is 0 Å². The van der Waals surface area contributed by atoms with Crippen molar-refractivity contribution in [1.29, 1.82) is 0 Å². The monoisotopic (exact) mass is 168 g/mol. The summed E-state index contributed by atoms with van der Waals surface area (Å²) in [4.78, 5) is 23.0. The highest BCUT2D eigenvalue weighted by atomic mass is 16.6. The van der Waals surface area contributed by atoms with Gasteiger partial charge in [0.05, 0.1) is 17.2 Å². The number of pyridine rings is 1. The van der Waals surface area contributed by atoms with E-state index in [1.165, 1.54) is 0 Å². The second-order valence-electron chi connectivity index (χ2n) is 1.97. The van der Waals surface area contributed by atoms with Gasteiger partial charge in [0, 0.05) is 0 Å². The molecule has 0 unspecified atom stereocenters. The first-order valence-corrected chi connectivity index (χ1v) is 2.93. The van der Waals surface area contributed by atoms with Crippen LogP contribution in [0.15, 0.2) is 12.3 Å². The zero-order chi connectivity index (χ0) is 9.14. The molecule has 1 N–H and O–H groups in total. The minimum absolute atomic E-state index is 0.261. The van der Waals surface area contributed by atoms with E-state index < -0.39 is 10.6 Å². The highest BCUT2D eigenvalue weighted by Gasteiger charge is 2.14. The first-order valence-electron chi connectivity index (χ1n) is 2.93. The van der Waals surface area contributed by atoms with Crippen molar-refractivity contribution in [2.75, 3.05) is 0 Å². The van der Waals surface area contributed by atoms with Gasteiger partial charge in [-0.05, 0) is 0 Å². The van der Waals surface area contributed by atoms with E-state index in [1.54, 1.807) is 0 Å². The second kappa shape index (κ2) is 2.95. The van der Waals surface area contributed by atoms with Crippen molar-refractivity contribution in [3.63, 3.8) is 0 Å². The number of hydrogen-bond donors (Lipinski definition) is 1. The molecule has 1 rings (SSSR count). The summed E-state index contributed by atoms with van der Waals surface area (Å²) in [5.41, 5.74) is -0.789. The normalized spacial score (nSPS) is 9.33. The van der Waals surface area contributed by atoms with E-state index in [0.29, 0.717) is 0 Å². The van der Waals surface area contributed by atoms with Crippen LogP contribution in [0, 0.1) is 10.1 Å². The van der Waals surface area contributed by atoms with Crippen molar-refractivity contribution in [3.8, 4) is 5.75 Å². The van der Waals surface area contributed by atoms with E-state index in [-0.39, 0.29) is 17.7 Å². The van der Waals surface area contributed by atoms with Crippen molar-refractivity contribution in [3.05, 3.63) is 28.1 Å². The van der Waals surface area contributed by atoms with Gasteiger partial charge >= 0.3 is 5.69 Å². The maximum Gasteiger partial charge on any atom is 0.301 e. The van der Waals surface area contributed by atoms with Crippen molar-refractivity contribution < 1.29 is 14.8 Å². The summed E-state index contributed by atoms with van der Waals surface area (Å²) in [6.07, 6.45) is 1.23. The Morgan fingerprint density at radius 1 is 1.67 bits per heavy atom. The summed E-state index contributed by atoms with van der Waals surface area (Å²) < 4.78 is 0. The van der Waals surface area contributed by atoms with Crippen LogP contribution in [0.5, 0.6) is 5.75 Å². The number of aromatic nitrogens is 1. The van der Waals surface area contributed by atoms with Gasteiger partial charge < -0.3 is 5.11 Å². The van der Waals surface area contributed by atoms with Crippen LogP contribution >= 0.6 is 0 Å². The lowest BCUT2D eigenvalue weighted by Gasteiger charge is -1.94. The molecule has 0 atom stereocenters. The van der Waals surface area contributed by atoms with Gasteiger partial charge in [-0.1, -0.05) is 0 Å². The van der Waals surface area contributed by atoms with Crippen molar-refractivity contribution in [1.82, 2.24) is 4.98 Å². The molecule has 0 fully saturated rings. The average molecular weight is 168 g/mol. The topological polar surface area (TPSA) is 93.3 Å². The first kappa shape index (κ1) is 8.12. The lowest BCUT2D eigenvalue weighted by molar-refractivity contribution is -0.385. The van der Waals surface area contributed by atoms with Gasteiger partial charge in [-0.2, -0.15) is 0 Å². The quantitative estimate of drug-likeness (QED) is 0.394. The second-order valence-corrected chi connectivity index (χ2v) is 1.97. The molecule has 1 aromatic rings. The summed E-state index contributed by atoms with van der Waals surface area (Å²) in [7, 11) is 0. The Kier molecular flexibility index (Phi) is 2.00. The van der Waals surface area contributed by atoms with Gasteiger partial charge in [0.2, 0.25) is 0 Å². The van der Waals surface area contributed by atoms with Crippen molar-refractivity contribution >= 4 is 12.0 Å². The molecule has 0 aromatic carbocycles. The molecule has 0 bridgehead atoms. The van der Waals surface area contributed by atoms with Gasteiger partial charge in [0.15, 0.2) is 12.0 Å². The van der Waals surface area contributed by atoms with Crippen LogP contribution < -0.4 is 0 Å². The highest BCUT2D eigenvalue weighted by molar-refractivity contribution is 5.78. The molecule has 62 valence electrons. The van der Waals surface area contributed by atoms with Crippen molar-refractivity contribution in [2.24, 2.45) is 0 Å². The van der Waals surface area contributed by atoms with Gasteiger partial charge in [-0.15, -0.1) is 0 Å². The summed E-state index contributed by atoms with van der Waals surface area (Å²) in [5, 5.41) is 19.0. The van der Waals surface area contributed by atoms with Crippen LogP contribution in [0.2, 0.25) is 0 Å². The maximum absolute atomic E-state index is 10.2. The van der Waals surface area contributed by atoms with E-state index in [2.05, 4.69) is 4.98 Å². The number of nitro groups is 1. The smallest absolute Gasteiger partial charge is 0.301 e. The Bertz CT molecular complexity index is 336. The number of nitrogens with zero attached hydrogens (tertiary/aromatic N) is 2. The Balaban J connectivity index is 3.30. The zero-order valence-electron chi connectivity index (χ0n) is 5.80. The van der Waals surface area contributed by atoms with E-state index in [1.807, 2.05) is 0 Å². The lowest BCUT2D eigenvalue weighted by Crippen LogP contribution is -1.96. The number of rotatable bonds is 2. The molecule has 1 heterocycles. The fourth-order valence-electron chi connectivity index (χ4n) is 0.690. The summed E-state index contributed by atoms with van der Waals surface area (Å²) >= 11 is 0. The van der Waals surface area contributed by atoms with Crippen LogP contribution in [0.4, 0.5) is 5.69 Å². The van der Waals surface area contributed by atoms with Gasteiger partial charge in [-0.3, -0.25) is 14.9 Å². The van der Waals surface area contributed by atoms with E-state index in [0.717, 1.165) is 12.3 Å². The Labute approximate surface area is 66.6 Å². The number of carbonyl (C=O) groups is 1. The average Bonchev–Trinajstić information content (AvgIpc) is 2.04. The van der Waals surface area contributed by atoms with Crippen LogP contribution in [-0.2, 0) is 0 Å². The Hall–Kier alpha value is -1.98. The number of carbonyl (C=O) groups excluding carboxylic acids is 1. The van der Waals surface area contributed by atoms with Gasteiger partial charge in [0.1, 0.15) is 5.75 Å². The number of aldehydes is 1. The van der Waals surface area contributed by atoms with E-state index in [9.17, 15) is 14.9 Å². The van der Waals surface area contributed by atoms with E-state index >= 15 is 0 Å². The third kappa shape index (κ3) is 1.36. The molecular weight excluding hydrogens is 164 g/mol. The molecule has 0 saturated heterocycles. The third-order valence-corrected chi connectivity index (χ3v) is 1.19. The zero-order valence-corrected chi connectivity index (χ0v) is 5.80. The molecule has 0 amide bonds. The van der Waals surface area contributed by atoms with Gasteiger partial charge in [-0.25, -0.2) is 4.98 Å². The van der Waals surface area contributed by atoms with Crippen LogP contribution in [0.3, 0.4) is 0 Å². The largest absolute Gasteiger partial charge is 0.506 e. The van der Waals surface area contributed by atoms with Crippen LogP contribution in [-0.4, -0.2) is 21.3 Å². The van der Waals surface area contributed by atoms with Gasteiger partial charge in [0.25, 0.3) is 0 Å². The number of hydrogen-bond acceptors (Lipinski definition) is 5. The summed E-state index contributed by atoms with van der Waals surface area (Å²) in [6.45, 7) is 0. The predicted octanol–water partition coefficient (Wildman–Crippen LogP) is 0.508.